The van der Waals surface area contributed by atoms with E-state index >= 15 is 0 Å². The molecule has 0 radical (unpaired) electrons. The lowest BCUT2D eigenvalue weighted by Crippen LogP contribution is -2.32. The number of benzene rings is 2. The van der Waals surface area contributed by atoms with Crippen molar-refractivity contribution in [1.29, 1.82) is 0 Å². The number of urea groups is 1. The van der Waals surface area contributed by atoms with Gasteiger partial charge in [-0.15, -0.1) is 15.3 Å². The third-order valence-corrected chi connectivity index (χ3v) is 4.50. The van der Waals surface area contributed by atoms with Gasteiger partial charge in [-0.1, -0.05) is 23.7 Å². The van der Waals surface area contributed by atoms with E-state index in [1.54, 1.807) is 24.3 Å². The van der Waals surface area contributed by atoms with Gasteiger partial charge in [0.05, 0.1) is 17.3 Å². The van der Waals surface area contributed by atoms with Crippen molar-refractivity contribution >= 4 is 29.0 Å². The molecule has 0 aliphatic rings. The van der Waals surface area contributed by atoms with E-state index in [0.717, 1.165) is 12.1 Å². The van der Waals surface area contributed by atoms with E-state index in [2.05, 4.69) is 25.9 Å². The minimum Gasteiger partial charge on any atom is -0.475 e. The van der Waals surface area contributed by atoms with Crippen molar-refractivity contribution in [3.63, 3.8) is 0 Å². The number of carbonyl (C=O) groups is 1. The summed E-state index contributed by atoms with van der Waals surface area (Å²) in [5, 5.41) is 17.9. The molecule has 0 spiro atoms. The van der Waals surface area contributed by atoms with Crippen molar-refractivity contribution in [3.05, 3.63) is 71.3 Å². The van der Waals surface area contributed by atoms with Crippen LogP contribution in [-0.4, -0.2) is 39.0 Å². The molecule has 8 nitrogen and oxygen atoms in total. The van der Waals surface area contributed by atoms with Crippen LogP contribution in [0.15, 0.2) is 54.6 Å². The largest absolute Gasteiger partial charge is 0.475 e. The van der Waals surface area contributed by atoms with Crippen LogP contribution in [-0.2, 0) is 0 Å². The lowest BCUT2D eigenvalue weighted by atomic mass is 10.2. The minimum atomic E-state index is -0.868. The number of anilines is 1. The van der Waals surface area contributed by atoms with Crippen LogP contribution in [0.3, 0.4) is 0 Å². The summed E-state index contributed by atoms with van der Waals surface area (Å²) < 4.78 is 33.5. The number of hydrogen-bond donors (Lipinski definition) is 2. The Hall–Kier alpha value is -3.79. The summed E-state index contributed by atoms with van der Waals surface area (Å²) >= 11 is 6.24. The molecular formula is C20H15ClF2N6O2. The zero-order valence-electron chi connectivity index (χ0n) is 15.8. The molecule has 158 valence electrons. The fraction of sp³-hybridized carbons (Fsp3) is 0.100. The SMILES string of the molecule is O=C(NCCOc1ccc2nnc(-c3ccccc3Cl)n2n1)Nc1ccc(F)cc1F. The van der Waals surface area contributed by atoms with E-state index in [-0.39, 0.29) is 24.7 Å². The second-order valence-electron chi connectivity index (χ2n) is 6.30. The molecule has 0 atom stereocenters. The number of aromatic nitrogens is 4. The monoisotopic (exact) mass is 444 g/mol. The van der Waals surface area contributed by atoms with Crippen molar-refractivity contribution in [3.8, 4) is 17.3 Å². The normalized spacial score (nSPS) is 10.8. The van der Waals surface area contributed by atoms with Gasteiger partial charge in [0.1, 0.15) is 18.2 Å². The summed E-state index contributed by atoms with van der Waals surface area (Å²) in [6.07, 6.45) is 0. The van der Waals surface area contributed by atoms with Crippen LogP contribution in [0.5, 0.6) is 5.88 Å². The highest BCUT2D eigenvalue weighted by Crippen LogP contribution is 2.26. The maximum absolute atomic E-state index is 13.6. The smallest absolute Gasteiger partial charge is 0.319 e. The molecule has 31 heavy (non-hydrogen) atoms. The molecule has 0 saturated heterocycles. The highest BCUT2D eigenvalue weighted by Gasteiger charge is 2.13. The molecule has 0 unspecified atom stereocenters. The first-order valence-electron chi connectivity index (χ1n) is 9.11. The molecule has 2 amide bonds. The van der Waals surface area contributed by atoms with E-state index in [4.69, 9.17) is 16.3 Å². The molecule has 0 fully saturated rings. The standard InChI is InChI=1S/C20H15ClF2N6O2/c21-14-4-2-1-3-13(14)19-27-26-17-7-8-18(28-29(17)19)31-10-9-24-20(30)25-16-6-5-12(22)11-15(16)23/h1-8,11H,9-10H2,(H2,24,25,30). The minimum absolute atomic E-state index is 0.0986. The van der Waals surface area contributed by atoms with Gasteiger partial charge in [-0.25, -0.2) is 13.6 Å². The van der Waals surface area contributed by atoms with Crippen molar-refractivity contribution in [2.75, 3.05) is 18.5 Å². The number of ether oxygens (including phenoxy) is 1. The summed E-state index contributed by atoms with van der Waals surface area (Å²) in [5.41, 5.74) is 1.06. The molecule has 4 rings (SSSR count). The molecule has 2 aromatic carbocycles. The Bertz CT molecular complexity index is 1250. The first-order valence-corrected chi connectivity index (χ1v) is 9.49. The summed E-state index contributed by atoms with van der Waals surface area (Å²) in [5.74, 6) is -0.850. The van der Waals surface area contributed by atoms with Gasteiger partial charge < -0.3 is 15.4 Å². The van der Waals surface area contributed by atoms with Crippen LogP contribution < -0.4 is 15.4 Å². The Kier molecular flexibility index (Phi) is 5.89. The molecule has 0 aliphatic carbocycles. The van der Waals surface area contributed by atoms with Crippen molar-refractivity contribution in [1.82, 2.24) is 25.1 Å². The van der Waals surface area contributed by atoms with Crippen LogP contribution in [0.25, 0.3) is 17.0 Å². The summed E-state index contributed by atoms with van der Waals surface area (Å²) in [6, 6.07) is 12.7. The van der Waals surface area contributed by atoms with Gasteiger partial charge in [0.15, 0.2) is 11.5 Å². The second-order valence-corrected chi connectivity index (χ2v) is 6.71. The quantitative estimate of drug-likeness (QED) is 0.440. The summed E-state index contributed by atoms with van der Waals surface area (Å²) in [7, 11) is 0. The first kappa shape index (κ1) is 20.5. The predicted molar refractivity (Wildman–Crippen MR) is 110 cm³/mol. The number of rotatable bonds is 6. The fourth-order valence-electron chi connectivity index (χ4n) is 2.74. The zero-order valence-corrected chi connectivity index (χ0v) is 16.6. The van der Waals surface area contributed by atoms with Crippen LogP contribution >= 0.6 is 11.6 Å². The Morgan fingerprint density at radius 2 is 1.94 bits per heavy atom. The predicted octanol–water partition coefficient (Wildman–Crippen LogP) is 3.92. The van der Waals surface area contributed by atoms with Crippen LogP contribution in [0.4, 0.5) is 19.3 Å². The number of hydrogen-bond acceptors (Lipinski definition) is 5. The number of carbonyl (C=O) groups excluding carboxylic acids is 1. The van der Waals surface area contributed by atoms with Gasteiger partial charge in [-0.05, 0) is 30.3 Å². The number of fused-ring (bicyclic) bond motifs is 1. The number of amides is 2. The van der Waals surface area contributed by atoms with Crippen LogP contribution in [0.2, 0.25) is 5.02 Å². The van der Waals surface area contributed by atoms with Crippen LogP contribution in [0.1, 0.15) is 0 Å². The topological polar surface area (TPSA) is 93.4 Å². The summed E-state index contributed by atoms with van der Waals surface area (Å²) in [6.45, 7) is 0.218. The molecule has 11 heteroatoms. The number of nitrogens with one attached hydrogen (secondary N) is 2. The van der Waals surface area contributed by atoms with Crippen LogP contribution in [0, 0.1) is 11.6 Å². The Morgan fingerprint density at radius 1 is 1.10 bits per heavy atom. The molecule has 2 heterocycles. The first-order chi connectivity index (χ1) is 15.0. The van der Waals surface area contributed by atoms with Gasteiger partial charge in [-0.2, -0.15) is 4.52 Å². The lowest BCUT2D eigenvalue weighted by molar-refractivity contribution is 0.246. The molecule has 0 aliphatic heterocycles. The zero-order chi connectivity index (χ0) is 21.8. The molecule has 4 aromatic rings. The highest BCUT2D eigenvalue weighted by atomic mass is 35.5. The average Bonchev–Trinajstić information content (AvgIpc) is 3.17. The molecule has 2 N–H and O–H groups in total. The average molecular weight is 445 g/mol. The number of halogens is 3. The Labute approximate surface area is 179 Å². The van der Waals surface area contributed by atoms with E-state index in [0.29, 0.717) is 28.1 Å². The maximum atomic E-state index is 13.6. The third-order valence-electron chi connectivity index (χ3n) is 4.17. The van der Waals surface area contributed by atoms with E-state index in [1.165, 1.54) is 4.52 Å². The van der Waals surface area contributed by atoms with Gasteiger partial charge >= 0.3 is 6.03 Å². The molecule has 2 aromatic heterocycles. The molecule has 0 bridgehead atoms. The lowest BCUT2D eigenvalue weighted by Gasteiger charge is -2.09. The maximum Gasteiger partial charge on any atom is 0.319 e. The fourth-order valence-corrected chi connectivity index (χ4v) is 2.96. The third kappa shape index (κ3) is 4.69. The van der Waals surface area contributed by atoms with Crippen molar-refractivity contribution in [2.24, 2.45) is 0 Å². The van der Waals surface area contributed by atoms with Crippen molar-refractivity contribution in [2.45, 2.75) is 0 Å². The molecule has 0 saturated carbocycles. The van der Waals surface area contributed by atoms with Crippen molar-refractivity contribution < 1.29 is 18.3 Å². The van der Waals surface area contributed by atoms with Gasteiger partial charge in [-0.3, -0.25) is 0 Å². The number of nitrogens with zero attached hydrogens (tertiary/aromatic N) is 4. The molecular weight excluding hydrogens is 430 g/mol. The highest BCUT2D eigenvalue weighted by molar-refractivity contribution is 6.33. The van der Waals surface area contributed by atoms with E-state index in [1.807, 2.05) is 12.1 Å². The summed E-state index contributed by atoms with van der Waals surface area (Å²) in [4.78, 5) is 11.8. The van der Waals surface area contributed by atoms with Gasteiger partial charge in [0.25, 0.3) is 0 Å². The Morgan fingerprint density at radius 3 is 2.74 bits per heavy atom. The van der Waals surface area contributed by atoms with Gasteiger partial charge in [0.2, 0.25) is 5.88 Å². The van der Waals surface area contributed by atoms with E-state index in [9.17, 15) is 13.6 Å². The van der Waals surface area contributed by atoms with E-state index < -0.39 is 17.7 Å². The second kappa shape index (κ2) is 8.92. The van der Waals surface area contributed by atoms with Gasteiger partial charge in [0, 0.05) is 17.7 Å². The Balaban J connectivity index is 1.36.